The van der Waals surface area contributed by atoms with Gasteiger partial charge in [-0.3, -0.25) is 14.9 Å². The van der Waals surface area contributed by atoms with E-state index in [9.17, 15) is 18.0 Å². The van der Waals surface area contributed by atoms with E-state index < -0.39 is 33.9 Å². The molecule has 0 aliphatic carbocycles. The minimum atomic E-state index is -4.01. The van der Waals surface area contributed by atoms with Crippen molar-refractivity contribution in [3.63, 3.8) is 0 Å². The van der Waals surface area contributed by atoms with Gasteiger partial charge in [0.25, 0.3) is 0 Å². The van der Waals surface area contributed by atoms with Crippen LogP contribution < -0.4 is 11.1 Å². The Morgan fingerprint density at radius 2 is 1.86 bits per heavy atom. The Kier molecular flexibility index (Phi) is 3.54. The maximum Gasteiger partial charge on any atom is 0.247 e. The Morgan fingerprint density at radius 1 is 1.24 bits per heavy atom. The summed E-state index contributed by atoms with van der Waals surface area (Å²) in [5.74, 6) is -1.30. The summed E-state index contributed by atoms with van der Waals surface area (Å²) >= 11 is 0. The van der Waals surface area contributed by atoms with Crippen molar-refractivity contribution < 1.29 is 18.0 Å². The molecule has 0 saturated carbocycles. The van der Waals surface area contributed by atoms with Crippen LogP contribution in [0, 0.1) is 6.92 Å². The predicted octanol–water partition coefficient (Wildman–Crippen LogP) is 0.00292. The third-order valence-corrected chi connectivity index (χ3v) is 5.38. The highest BCUT2D eigenvalue weighted by atomic mass is 32.2. The van der Waals surface area contributed by atoms with Gasteiger partial charge in [-0.05, 0) is 44.5 Å². The summed E-state index contributed by atoms with van der Waals surface area (Å²) in [6.07, 6.45) is 0. The number of nitrogen functional groups attached to an aromatic ring is 1. The van der Waals surface area contributed by atoms with E-state index in [4.69, 9.17) is 5.73 Å². The number of imide groups is 1. The summed E-state index contributed by atoms with van der Waals surface area (Å²) in [6, 6.07) is 4.41. The van der Waals surface area contributed by atoms with Crippen molar-refractivity contribution in [2.45, 2.75) is 31.2 Å². The Balaban J connectivity index is 2.56. The van der Waals surface area contributed by atoms with Crippen molar-refractivity contribution >= 4 is 27.5 Å². The first-order valence-corrected chi connectivity index (χ1v) is 7.73. The second-order valence-corrected chi connectivity index (χ2v) is 7.39. The van der Waals surface area contributed by atoms with Gasteiger partial charge < -0.3 is 5.73 Å². The predicted molar refractivity (Wildman–Crippen MR) is 76.7 cm³/mol. The van der Waals surface area contributed by atoms with E-state index in [1.54, 1.807) is 13.0 Å². The average molecular weight is 311 g/mol. The topological polar surface area (TPSA) is 110 Å². The van der Waals surface area contributed by atoms with Crippen LogP contribution in [0.4, 0.5) is 5.69 Å². The minimum Gasteiger partial charge on any atom is -0.399 e. The third-order valence-electron chi connectivity index (χ3n) is 3.38. The number of hydrogen-bond donors (Lipinski definition) is 2. The Labute approximate surface area is 123 Å². The average Bonchev–Trinajstić information content (AvgIpc) is 2.32. The van der Waals surface area contributed by atoms with E-state index in [1.165, 1.54) is 26.0 Å². The molecule has 1 aromatic carbocycles. The third kappa shape index (κ3) is 2.64. The quantitative estimate of drug-likeness (QED) is 0.590. The fraction of sp³-hybridized carbons (Fsp3) is 0.385. The van der Waals surface area contributed by atoms with Crippen molar-refractivity contribution in [1.82, 2.24) is 9.62 Å². The molecular weight excluding hydrogens is 294 g/mol. The molecule has 3 N–H and O–H groups in total. The number of carbonyl (C=O) groups is 2. The van der Waals surface area contributed by atoms with Gasteiger partial charge in [-0.15, -0.1) is 0 Å². The minimum absolute atomic E-state index is 0.0319. The smallest absolute Gasteiger partial charge is 0.247 e. The summed E-state index contributed by atoms with van der Waals surface area (Å²) in [4.78, 5) is 23.4. The molecule has 1 saturated heterocycles. The number of piperazine rings is 1. The maximum absolute atomic E-state index is 12.7. The first kappa shape index (κ1) is 15.5. The van der Waals surface area contributed by atoms with Crippen LogP contribution in [0.25, 0.3) is 0 Å². The molecule has 0 bridgehead atoms. The molecule has 7 nitrogen and oxygen atoms in total. The second kappa shape index (κ2) is 4.81. The number of amides is 2. The van der Waals surface area contributed by atoms with Gasteiger partial charge in [-0.25, -0.2) is 8.42 Å². The number of sulfonamides is 1. The number of carbonyl (C=O) groups excluding carboxylic acids is 2. The first-order chi connectivity index (χ1) is 9.55. The van der Waals surface area contributed by atoms with Gasteiger partial charge in [0.15, 0.2) is 0 Å². The highest BCUT2D eigenvalue weighted by Gasteiger charge is 2.47. The Bertz CT molecular complexity index is 705. The molecule has 1 aliphatic rings. The summed E-state index contributed by atoms with van der Waals surface area (Å²) in [6.45, 7) is 4.21. The van der Waals surface area contributed by atoms with Gasteiger partial charge >= 0.3 is 0 Å². The zero-order valence-corrected chi connectivity index (χ0v) is 12.8. The van der Waals surface area contributed by atoms with Gasteiger partial charge in [0.2, 0.25) is 21.8 Å². The van der Waals surface area contributed by atoms with Crippen LogP contribution in [0.3, 0.4) is 0 Å². The number of benzene rings is 1. The fourth-order valence-corrected chi connectivity index (χ4v) is 4.04. The van der Waals surface area contributed by atoms with Crippen molar-refractivity contribution in [1.29, 1.82) is 0 Å². The van der Waals surface area contributed by atoms with Crippen LogP contribution in [0.5, 0.6) is 0 Å². The number of aryl methyl sites for hydroxylation is 1. The van der Waals surface area contributed by atoms with Gasteiger partial charge in [-0.1, -0.05) is 0 Å². The molecule has 0 radical (unpaired) electrons. The second-order valence-electron chi connectivity index (χ2n) is 5.53. The SMILES string of the molecule is Cc1cc(N)cc(S(=O)(=O)N2CC(=O)NC(=O)C2(C)C)c1. The molecule has 1 aliphatic heterocycles. The Morgan fingerprint density at radius 3 is 2.43 bits per heavy atom. The van der Waals surface area contributed by atoms with Crippen LogP contribution in [0.15, 0.2) is 23.1 Å². The number of nitrogens with one attached hydrogen (secondary N) is 1. The van der Waals surface area contributed by atoms with E-state index in [1.807, 2.05) is 0 Å². The van der Waals surface area contributed by atoms with Crippen LogP contribution in [-0.4, -0.2) is 36.6 Å². The summed E-state index contributed by atoms with van der Waals surface area (Å²) in [5, 5.41) is 2.14. The van der Waals surface area contributed by atoms with Gasteiger partial charge in [0, 0.05) is 5.69 Å². The summed E-state index contributed by atoms with van der Waals surface area (Å²) in [5.41, 5.74) is 5.31. The van der Waals surface area contributed by atoms with Crippen LogP contribution in [-0.2, 0) is 19.6 Å². The maximum atomic E-state index is 12.7. The monoisotopic (exact) mass is 311 g/mol. The van der Waals surface area contributed by atoms with Crippen LogP contribution in [0.1, 0.15) is 19.4 Å². The molecule has 2 rings (SSSR count). The normalized spacial score (nSPS) is 19.4. The number of rotatable bonds is 2. The van der Waals surface area contributed by atoms with Gasteiger partial charge in [0.1, 0.15) is 5.54 Å². The van der Waals surface area contributed by atoms with E-state index in [-0.39, 0.29) is 4.90 Å². The zero-order chi connectivity index (χ0) is 16.0. The number of nitrogens with zero attached hydrogens (tertiary/aromatic N) is 1. The lowest BCUT2D eigenvalue weighted by Gasteiger charge is -2.38. The molecule has 2 amide bonds. The molecule has 1 heterocycles. The van der Waals surface area contributed by atoms with Gasteiger partial charge in [-0.2, -0.15) is 4.31 Å². The highest BCUT2D eigenvalue weighted by Crippen LogP contribution is 2.28. The molecule has 0 unspecified atom stereocenters. The van der Waals surface area contributed by atoms with Crippen LogP contribution >= 0.6 is 0 Å². The van der Waals surface area contributed by atoms with Crippen LogP contribution in [0.2, 0.25) is 0 Å². The lowest BCUT2D eigenvalue weighted by Crippen LogP contribution is -2.65. The molecular formula is C13H17N3O4S. The molecule has 0 aromatic heterocycles. The largest absolute Gasteiger partial charge is 0.399 e. The summed E-state index contributed by atoms with van der Waals surface area (Å²) in [7, 11) is -4.01. The molecule has 0 atom stereocenters. The van der Waals surface area contributed by atoms with Crippen molar-refractivity contribution in [3.8, 4) is 0 Å². The highest BCUT2D eigenvalue weighted by molar-refractivity contribution is 7.89. The lowest BCUT2D eigenvalue weighted by molar-refractivity contribution is -0.141. The van der Waals surface area contributed by atoms with E-state index in [2.05, 4.69) is 5.32 Å². The van der Waals surface area contributed by atoms with Crippen molar-refractivity contribution in [3.05, 3.63) is 23.8 Å². The first-order valence-electron chi connectivity index (χ1n) is 6.29. The van der Waals surface area contributed by atoms with Crippen molar-refractivity contribution in [2.75, 3.05) is 12.3 Å². The summed E-state index contributed by atoms with van der Waals surface area (Å²) < 4.78 is 26.4. The number of hydrogen-bond acceptors (Lipinski definition) is 5. The molecule has 21 heavy (non-hydrogen) atoms. The van der Waals surface area contributed by atoms with E-state index in [0.717, 1.165) is 4.31 Å². The fourth-order valence-electron chi connectivity index (χ4n) is 2.20. The standard InChI is InChI=1S/C13H17N3O4S/c1-8-4-9(14)6-10(5-8)21(19,20)16-7-11(17)15-12(18)13(16,2)3/h4-6H,7,14H2,1-3H3,(H,15,17,18). The lowest BCUT2D eigenvalue weighted by atomic mass is 10.0. The number of anilines is 1. The zero-order valence-electron chi connectivity index (χ0n) is 12.0. The van der Waals surface area contributed by atoms with E-state index in [0.29, 0.717) is 11.3 Å². The van der Waals surface area contributed by atoms with E-state index >= 15 is 0 Å². The van der Waals surface area contributed by atoms with Crippen molar-refractivity contribution in [2.24, 2.45) is 0 Å². The molecule has 8 heteroatoms. The molecule has 114 valence electrons. The number of nitrogens with two attached hydrogens (primary N) is 1. The molecule has 1 fully saturated rings. The molecule has 1 aromatic rings. The molecule has 0 spiro atoms. The van der Waals surface area contributed by atoms with Gasteiger partial charge in [0.05, 0.1) is 11.4 Å². The Hall–Kier alpha value is -1.93.